The van der Waals surface area contributed by atoms with Crippen LogP contribution in [0.25, 0.3) is 0 Å². The summed E-state index contributed by atoms with van der Waals surface area (Å²) in [4.78, 5) is 17.0. The summed E-state index contributed by atoms with van der Waals surface area (Å²) in [5, 5.41) is 7.07. The molecule has 126 valence electrons. The summed E-state index contributed by atoms with van der Waals surface area (Å²) in [5.41, 5.74) is 0.571. The van der Waals surface area contributed by atoms with E-state index in [2.05, 4.69) is 20.4 Å². The molecule has 2 heterocycles. The molecule has 2 aliphatic heterocycles. The molecule has 2 fully saturated rings. The predicted octanol–water partition coefficient (Wildman–Crippen LogP) is 1.91. The van der Waals surface area contributed by atoms with Crippen molar-refractivity contribution < 1.29 is 4.79 Å². The SMILES string of the molecule is O=C(CN1CCC(N2CCNCC2)C1)Nc1cccc(Cl)c1Cl. The van der Waals surface area contributed by atoms with Crippen LogP contribution in [0.15, 0.2) is 18.2 Å². The van der Waals surface area contributed by atoms with Crippen LogP contribution in [-0.4, -0.2) is 67.6 Å². The van der Waals surface area contributed by atoms with E-state index in [9.17, 15) is 4.79 Å². The second-order valence-electron chi connectivity index (χ2n) is 6.11. The highest BCUT2D eigenvalue weighted by Crippen LogP contribution is 2.29. The molecule has 0 bridgehead atoms. The number of hydrogen-bond acceptors (Lipinski definition) is 4. The summed E-state index contributed by atoms with van der Waals surface area (Å²) >= 11 is 12.1. The van der Waals surface area contributed by atoms with Gasteiger partial charge in [-0.05, 0) is 18.6 Å². The molecule has 1 unspecified atom stereocenters. The Balaban J connectivity index is 1.50. The standard InChI is InChI=1S/C16H22Cl2N4O/c17-13-2-1-3-14(16(13)18)20-15(23)11-21-7-4-12(10-21)22-8-5-19-6-9-22/h1-3,12,19H,4-11H2,(H,20,23). The van der Waals surface area contributed by atoms with Gasteiger partial charge in [-0.15, -0.1) is 0 Å². The molecule has 0 radical (unpaired) electrons. The molecule has 0 aliphatic carbocycles. The number of anilines is 1. The van der Waals surface area contributed by atoms with Crippen molar-refractivity contribution in [2.75, 3.05) is 51.1 Å². The molecule has 2 saturated heterocycles. The summed E-state index contributed by atoms with van der Waals surface area (Å²) in [6.45, 7) is 6.63. The normalized spacial score (nSPS) is 23.1. The van der Waals surface area contributed by atoms with Gasteiger partial charge >= 0.3 is 0 Å². The molecule has 2 aliphatic rings. The summed E-state index contributed by atoms with van der Waals surface area (Å²) < 4.78 is 0. The van der Waals surface area contributed by atoms with Gasteiger partial charge in [0.25, 0.3) is 0 Å². The van der Waals surface area contributed by atoms with Crippen LogP contribution in [0.5, 0.6) is 0 Å². The van der Waals surface area contributed by atoms with Crippen LogP contribution in [0.1, 0.15) is 6.42 Å². The van der Waals surface area contributed by atoms with Crippen molar-refractivity contribution in [1.82, 2.24) is 15.1 Å². The number of amides is 1. The molecule has 1 atom stereocenters. The molecule has 23 heavy (non-hydrogen) atoms. The highest BCUT2D eigenvalue weighted by atomic mass is 35.5. The Bertz CT molecular complexity index is 563. The van der Waals surface area contributed by atoms with Crippen molar-refractivity contribution >= 4 is 34.8 Å². The van der Waals surface area contributed by atoms with Gasteiger partial charge in [0.05, 0.1) is 22.3 Å². The molecule has 7 heteroatoms. The van der Waals surface area contributed by atoms with Gasteiger partial charge in [0, 0.05) is 45.3 Å². The fourth-order valence-corrected chi connectivity index (χ4v) is 3.64. The van der Waals surface area contributed by atoms with E-state index >= 15 is 0 Å². The quantitative estimate of drug-likeness (QED) is 0.864. The maximum Gasteiger partial charge on any atom is 0.238 e. The first-order chi connectivity index (χ1) is 11.1. The molecule has 0 aromatic heterocycles. The minimum Gasteiger partial charge on any atom is -0.324 e. The van der Waals surface area contributed by atoms with Crippen LogP contribution >= 0.6 is 23.2 Å². The van der Waals surface area contributed by atoms with Gasteiger partial charge < -0.3 is 10.6 Å². The lowest BCUT2D eigenvalue weighted by atomic mass is 10.2. The highest BCUT2D eigenvalue weighted by Gasteiger charge is 2.29. The van der Waals surface area contributed by atoms with Gasteiger partial charge in [-0.25, -0.2) is 0 Å². The molecule has 2 N–H and O–H groups in total. The molecule has 5 nitrogen and oxygen atoms in total. The van der Waals surface area contributed by atoms with E-state index in [4.69, 9.17) is 23.2 Å². The summed E-state index contributed by atoms with van der Waals surface area (Å²) in [6.07, 6.45) is 1.13. The van der Waals surface area contributed by atoms with Crippen molar-refractivity contribution in [2.24, 2.45) is 0 Å². The minimum atomic E-state index is -0.0462. The fourth-order valence-electron chi connectivity index (χ4n) is 3.29. The molecule has 3 rings (SSSR count). The van der Waals surface area contributed by atoms with Crippen molar-refractivity contribution in [1.29, 1.82) is 0 Å². The van der Waals surface area contributed by atoms with Gasteiger partial charge in [-0.3, -0.25) is 14.6 Å². The number of carbonyl (C=O) groups is 1. The molecule has 1 aromatic rings. The van der Waals surface area contributed by atoms with E-state index in [1.165, 1.54) is 0 Å². The second-order valence-corrected chi connectivity index (χ2v) is 6.90. The monoisotopic (exact) mass is 356 g/mol. The van der Waals surface area contributed by atoms with Crippen LogP contribution in [0, 0.1) is 0 Å². The van der Waals surface area contributed by atoms with Crippen LogP contribution in [0.2, 0.25) is 10.0 Å². The summed E-state index contributed by atoms with van der Waals surface area (Å²) in [6, 6.07) is 5.82. The zero-order chi connectivity index (χ0) is 16.2. The Morgan fingerprint density at radius 3 is 2.83 bits per heavy atom. The number of carbonyl (C=O) groups excluding carboxylic acids is 1. The van der Waals surface area contributed by atoms with E-state index in [1.54, 1.807) is 18.2 Å². The number of halogens is 2. The molecular weight excluding hydrogens is 335 g/mol. The van der Waals surface area contributed by atoms with Gasteiger partial charge in [0.1, 0.15) is 0 Å². The average molecular weight is 357 g/mol. The average Bonchev–Trinajstić information content (AvgIpc) is 3.01. The third-order valence-corrected chi connectivity index (χ3v) is 5.33. The number of rotatable bonds is 4. The highest BCUT2D eigenvalue weighted by molar-refractivity contribution is 6.43. The Morgan fingerprint density at radius 1 is 1.26 bits per heavy atom. The van der Waals surface area contributed by atoms with Gasteiger partial charge in [0.2, 0.25) is 5.91 Å². The fraction of sp³-hybridized carbons (Fsp3) is 0.562. The number of piperazine rings is 1. The Hall–Kier alpha value is -0.850. The minimum absolute atomic E-state index is 0.0462. The number of nitrogens with one attached hydrogen (secondary N) is 2. The lowest BCUT2D eigenvalue weighted by Gasteiger charge is -2.32. The first-order valence-electron chi connectivity index (χ1n) is 8.04. The maximum atomic E-state index is 12.2. The second kappa shape index (κ2) is 7.81. The first kappa shape index (κ1) is 17.0. The Kier molecular flexibility index (Phi) is 5.77. The van der Waals surface area contributed by atoms with Crippen molar-refractivity contribution in [3.05, 3.63) is 28.2 Å². The van der Waals surface area contributed by atoms with E-state index < -0.39 is 0 Å². The maximum absolute atomic E-state index is 12.2. The summed E-state index contributed by atoms with van der Waals surface area (Å²) in [5.74, 6) is -0.0462. The lowest BCUT2D eigenvalue weighted by Crippen LogP contribution is -2.49. The molecule has 1 aromatic carbocycles. The summed E-state index contributed by atoms with van der Waals surface area (Å²) in [7, 11) is 0. The van der Waals surface area contributed by atoms with Crippen molar-refractivity contribution in [3.8, 4) is 0 Å². The largest absolute Gasteiger partial charge is 0.324 e. The van der Waals surface area contributed by atoms with Gasteiger partial charge in [-0.2, -0.15) is 0 Å². The van der Waals surface area contributed by atoms with E-state index in [0.717, 1.165) is 45.7 Å². The first-order valence-corrected chi connectivity index (χ1v) is 8.80. The Labute approximate surface area is 146 Å². The van der Waals surface area contributed by atoms with Crippen LogP contribution in [-0.2, 0) is 4.79 Å². The zero-order valence-electron chi connectivity index (χ0n) is 13.0. The number of benzene rings is 1. The third kappa shape index (κ3) is 4.37. The molecular formula is C16H22Cl2N4O. The number of likely N-dealkylation sites (tertiary alicyclic amines) is 1. The smallest absolute Gasteiger partial charge is 0.238 e. The van der Waals surface area contributed by atoms with Crippen molar-refractivity contribution in [3.63, 3.8) is 0 Å². The molecule has 0 spiro atoms. The van der Waals surface area contributed by atoms with Gasteiger partial charge in [0.15, 0.2) is 0 Å². The predicted molar refractivity (Wildman–Crippen MR) is 94.4 cm³/mol. The van der Waals surface area contributed by atoms with Crippen LogP contribution in [0.4, 0.5) is 5.69 Å². The zero-order valence-corrected chi connectivity index (χ0v) is 14.5. The van der Waals surface area contributed by atoms with Crippen LogP contribution < -0.4 is 10.6 Å². The lowest BCUT2D eigenvalue weighted by molar-refractivity contribution is -0.117. The van der Waals surface area contributed by atoms with E-state index in [0.29, 0.717) is 28.3 Å². The van der Waals surface area contributed by atoms with Crippen molar-refractivity contribution in [2.45, 2.75) is 12.5 Å². The number of hydrogen-bond donors (Lipinski definition) is 2. The van der Waals surface area contributed by atoms with E-state index in [1.807, 2.05) is 0 Å². The van der Waals surface area contributed by atoms with Gasteiger partial charge in [-0.1, -0.05) is 29.3 Å². The van der Waals surface area contributed by atoms with E-state index in [-0.39, 0.29) is 5.91 Å². The topological polar surface area (TPSA) is 47.6 Å². The third-order valence-electron chi connectivity index (χ3n) is 4.51. The Morgan fingerprint density at radius 2 is 2.04 bits per heavy atom. The number of nitrogens with zero attached hydrogens (tertiary/aromatic N) is 2. The molecule has 1 amide bonds. The van der Waals surface area contributed by atoms with Crippen LogP contribution in [0.3, 0.4) is 0 Å². The molecule has 0 saturated carbocycles.